The van der Waals surface area contributed by atoms with E-state index in [1.165, 1.54) is 0 Å². The van der Waals surface area contributed by atoms with Crippen molar-refractivity contribution in [2.45, 2.75) is 20.0 Å². The monoisotopic (exact) mass is 373 g/mol. The average molecular weight is 373 g/mol. The predicted molar refractivity (Wildman–Crippen MR) is 107 cm³/mol. The standard InChI is InChI=1S/C21H19N5O2/c1-14(2)28-19-9-4-3-8-17(19)24-21(27)18-10-11-20(26-25-18)23-16-7-5-6-15(12-16)13-22/h3-12,14H,1-2H3,(H,23,26)(H,24,27). The Morgan fingerprint density at radius 3 is 2.61 bits per heavy atom. The van der Waals surface area contributed by atoms with E-state index in [1.54, 1.807) is 42.5 Å². The number of nitrogens with zero attached hydrogens (tertiary/aromatic N) is 3. The Morgan fingerprint density at radius 1 is 1.07 bits per heavy atom. The van der Waals surface area contributed by atoms with Crippen molar-refractivity contribution in [2.75, 3.05) is 10.6 Å². The molecule has 0 unspecified atom stereocenters. The first-order valence-electron chi connectivity index (χ1n) is 8.73. The fourth-order valence-electron chi connectivity index (χ4n) is 2.45. The molecule has 7 heteroatoms. The molecule has 2 N–H and O–H groups in total. The van der Waals surface area contributed by atoms with Gasteiger partial charge in [0, 0.05) is 5.69 Å². The number of anilines is 3. The lowest BCUT2D eigenvalue weighted by Gasteiger charge is -2.14. The summed E-state index contributed by atoms with van der Waals surface area (Å²) < 4.78 is 5.70. The van der Waals surface area contributed by atoms with Crippen LogP contribution in [-0.2, 0) is 0 Å². The van der Waals surface area contributed by atoms with Crippen LogP contribution >= 0.6 is 0 Å². The number of carbonyl (C=O) groups excluding carboxylic acids is 1. The molecule has 0 spiro atoms. The Labute approximate surface area is 163 Å². The smallest absolute Gasteiger partial charge is 0.276 e. The number of nitrogens with one attached hydrogen (secondary N) is 2. The Bertz CT molecular complexity index is 1010. The lowest BCUT2D eigenvalue weighted by atomic mass is 10.2. The first-order valence-corrected chi connectivity index (χ1v) is 8.73. The molecule has 0 saturated carbocycles. The Kier molecular flexibility index (Phi) is 5.82. The molecule has 1 aromatic heterocycles. The number of amides is 1. The van der Waals surface area contributed by atoms with Crippen LogP contribution in [0.2, 0.25) is 0 Å². The molecule has 140 valence electrons. The number of rotatable bonds is 6. The minimum atomic E-state index is -0.384. The number of para-hydroxylation sites is 2. The normalized spacial score (nSPS) is 10.2. The van der Waals surface area contributed by atoms with Crippen molar-refractivity contribution >= 4 is 23.1 Å². The number of benzene rings is 2. The molecule has 3 aromatic rings. The highest BCUT2D eigenvalue weighted by Crippen LogP contribution is 2.25. The lowest BCUT2D eigenvalue weighted by molar-refractivity contribution is 0.102. The molecular weight excluding hydrogens is 354 g/mol. The molecule has 0 fully saturated rings. The summed E-state index contributed by atoms with van der Waals surface area (Å²) >= 11 is 0. The second kappa shape index (κ2) is 8.64. The molecule has 0 aliphatic heterocycles. The lowest BCUT2D eigenvalue weighted by Crippen LogP contribution is -2.16. The number of carbonyl (C=O) groups is 1. The summed E-state index contributed by atoms with van der Waals surface area (Å²) in [7, 11) is 0. The van der Waals surface area contributed by atoms with Gasteiger partial charge in [0.25, 0.3) is 5.91 Å². The summed E-state index contributed by atoms with van der Waals surface area (Å²) in [5, 5.41) is 22.8. The van der Waals surface area contributed by atoms with E-state index in [9.17, 15) is 4.79 Å². The molecular formula is C21H19N5O2. The van der Waals surface area contributed by atoms with E-state index >= 15 is 0 Å². The van der Waals surface area contributed by atoms with Crippen molar-refractivity contribution in [2.24, 2.45) is 0 Å². The minimum Gasteiger partial charge on any atom is -0.489 e. The summed E-state index contributed by atoms with van der Waals surface area (Å²) in [6.07, 6.45) is -0.0114. The molecule has 28 heavy (non-hydrogen) atoms. The van der Waals surface area contributed by atoms with Crippen molar-refractivity contribution in [3.05, 3.63) is 71.9 Å². The van der Waals surface area contributed by atoms with Gasteiger partial charge in [0.05, 0.1) is 23.4 Å². The summed E-state index contributed by atoms with van der Waals surface area (Å²) in [6.45, 7) is 3.84. The van der Waals surface area contributed by atoms with E-state index in [1.807, 2.05) is 32.0 Å². The zero-order valence-electron chi connectivity index (χ0n) is 15.5. The van der Waals surface area contributed by atoms with E-state index in [2.05, 4.69) is 26.9 Å². The van der Waals surface area contributed by atoms with Crippen LogP contribution in [0.15, 0.2) is 60.7 Å². The summed E-state index contributed by atoms with van der Waals surface area (Å²) in [4.78, 5) is 12.5. The third kappa shape index (κ3) is 4.83. The molecule has 0 radical (unpaired) electrons. The second-order valence-electron chi connectivity index (χ2n) is 6.24. The topological polar surface area (TPSA) is 99.9 Å². The molecule has 0 bridgehead atoms. The second-order valence-corrected chi connectivity index (χ2v) is 6.24. The SMILES string of the molecule is CC(C)Oc1ccccc1NC(=O)c1ccc(Nc2cccc(C#N)c2)nn1. The van der Waals surface area contributed by atoms with E-state index in [0.717, 1.165) is 0 Å². The summed E-state index contributed by atoms with van der Waals surface area (Å²) in [5.74, 6) is 0.676. The number of nitriles is 1. The van der Waals surface area contributed by atoms with Crippen molar-refractivity contribution in [3.8, 4) is 11.8 Å². The van der Waals surface area contributed by atoms with Crippen LogP contribution < -0.4 is 15.4 Å². The maximum Gasteiger partial charge on any atom is 0.276 e. The number of aromatic nitrogens is 2. The maximum absolute atomic E-state index is 12.5. The zero-order valence-corrected chi connectivity index (χ0v) is 15.5. The molecule has 7 nitrogen and oxygen atoms in total. The van der Waals surface area contributed by atoms with Crippen molar-refractivity contribution < 1.29 is 9.53 Å². The maximum atomic E-state index is 12.5. The first-order chi connectivity index (χ1) is 13.5. The van der Waals surface area contributed by atoms with Gasteiger partial charge in [-0.15, -0.1) is 10.2 Å². The number of hydrogen-bond acceptors (Lipinski definition) is 6. The minimum absolute atomic E-state index is 0.0114. The third-order valence-electron chi connectivity index (χ3n) is 3.66. The fourth-order valence-corrected chi connectivity index (χ4v) is 2.45. The van der Waals surface area contributed by atoms with Gasteiger partial charge >= 0.3 is 0 Å². The van der Waals surface area contributed by atoms with Gasteiger partial charge in [0.15, 0.2) is 11.5 Å². The summed E-state index contributed by atoms with van der Waals surface area (Å²) in [6, 6.07) is 19.5. The van der Waals surface area contributed by atoms with Crippen molar-refractivity contribution in [1.29, 1.82) is 5.26 Å². The molecule has 0 aliphatic rings. The zero-order chi connectivity index (χ0) is 19.9. The van der Waals surface area contributed by atoms with Crippen LogP contribution in [0.25, 0.3) is 0 Å². The predicted octanol–water partition coefficient (Wildman–Crippen LogP) is 4.13. The molecule has 2 aromatic carbocycles. The summed E-state index contributed by atoms with van der Waals surface area (Å²) in [5.41, 5.74) is 2.00. The van der Waals surface area contributed by atoms with Gasteiger partial charge < -0.3 is 15.4 Å². The highest BCUT2D eigenvalue weighted by atomic mass is 16.5. The Balaban J connectivity index is 1.70. The molecule has 0 atom stereocenters. The molecule has 1 amide bonds. The number of hydrogen-bond donors (Lipinski definition) is 2. The van der Waals surface area contributed by atoms with Crippen LogP contribution in [0.1, 0.15) is 29.9 Å². The average Bonchev–Trinajstić information content (AvgIpc) is 2.70. The van der Waals surface area contributed by atoms with Crippen LogP contribution in [0, 0.1) is 11.3 Å². The van der Waals surface area contributed by atoms with Gasteiger partial charge in [0.1, 0.15) is 5.75 Å². The molecule has 0 aliphatic carbocycles. The van der Waals surface area contributed by atoms with E-state index < -0.39 is 0 Å². The van der Waals surface area contributed by atoms with Crippen LogP contribution in [0.4, 0.5) is 17.2 Å². The molecule has 3 rings (SSSR count). The Hall–Kier alpha value is -3.92. The van der Waals surface area contributed by atoms with E-state index in [0.29, 0.717) is 28.5 Å². The van der Waals surface area contributed by atoms with Gasteiger partial charge in [-0.3, -0.25) is 4.79 Å². The quantitative estimate of drug-likeness (QED) is 0.674. The fraction of sp³-hybridized carbons (Fsp3) is 0.143. The van der Waals surface area contributed by atoms with Gasteiger partial charge in [-0.05, 0) is 56.3 Å². The van der Waals surface area contributed by atoms with Crippen molar-refractivity contribution in [1.82, 2.24) is 10.2 Å². The largest absolute Gasteiger partial charge is 0.489 e. The van der Waals surface area contributed by atoms with Gasteiger partial charge in [-0.1, -0.05) is 18.2 Å². The van der Waals surface area contributed by atoms with Crippen LogP contribution in [-0.4, -0.2) is 22.2 Å². The third-order valence-corrected chi connectivity index (χ3v) is 3.66. The first kappa shape index (κ1) is 18.9. The van der Waals surface area contributed by atoms with Crippen molar-refractivity contribution in [3.63, 3.8) is 0 Å². The van der Waals surface area contributed by atoms with Crippen LogP contribution in [0.3, 0.4) is 0 Å². The number of ether oxygens (including phenoxy) is 1. The molecule has 1 heterocycles. The van der Waals surface area contributed by atoms with Gasteiger partial charge in [0.2, 0.25) is 0 Å². The van der Waals surface area contributed by atoms with Gasteiger partial charge in [-0.2, -0.15) is 5.26 Å². The van der Waals surface area contributed by atoms with Crippen LogP contribution in [0.5, 0.6) is 5.75 Å². The van der Waals surface area contributed by atoms with E-state index in [4.69, 9.17) is 10.00 Å². The van der Waals surface area contributed by atoms with Gasteiger partial charge in [-0.25, -0.2) is 0 Å². The highest BCUT2D eigenvalue weighted by molar-refractivity contribution is 6.03. The Morgan fingerprint density at radius 2 is 1.89 bits per heavy atom. The van der Waals surface area contributed by atoms with E-state index in [-0.39, 0.29) is 17.7 Å². The highest BCUT2D eigenvalue weighted by Gasteiger charge is 2.12. The molecule has 0 saturated heterocycles.